The van der Waals surface area contributed by atoms with Crippen molar-refractivity contribution in [2.75, 3.05) is 13.7 Å². The average Bonchev–Trinajstić information content (AvgIpc) is 2.26. The first kappa shape index (κ1) is 12.5. The van der Waals surface area contributed by atoms with Gasteiger partial charge in [0.15, 0.2) is 0 Å². The molecule has 1 aromatic rings. The first-order chi connectivity index (χ1) is 6.92. The van der Waals surface area contributed by atoms with Crippen molar-refractivity contribution < 1.29 is 4.84 Å². The Labute approximate surface area is 97.4 Å². The maximum atomic E-state index is 4.91. The summed E-state index contributed by atoms with van der Waals surface area (Å²) >= 11 is 0. The van der Waals surface area contributed by atoms with Gasteiger partial charge in [-0.1, -0.05) is 24.3 Å². The van der Waals surface area contributed by atoms with Crippen LogP contribution in [0.3, 0.4) is 0 Å². The van der Waals surface area contributed by atoms with E-state index in [-0.39, 0.29) is 12.4 Å². The zero-order valence-corrected chi connectivity index (χ0v) is 9.85. The van der Waals surface area contributed by atoms with Gasteiger partial charge in [0.25, 0.3) is 0 Å². The van der Waals surface area contributed by atoms with Crippen LogP contribution in [0.1, 0.15) is 29.9 Å². The van der Waals surface area contributed by atoms with Crippen molar-refractivity contribution >= 4 is 12.4 Å². The molecule has 1 N–H and O–H groups in total. The van der Waals surface area contributed by atoms with Crippen LogP contribution in [0, 0.1) is 0 Å². The average molecular weight is 228 g/mol. The maximum absolute atomic E-state index is 4.91. The van der Waals surface area contributed by atoms with Crippen LogP contribution in [0.15, 0.2) is 24.3 Å². The molecule has 2 nitrogen and oxygen atoms in total. The Morgan fingerprint density at radius 3 is 3.00 bits per heavy atom. The topological polar surface area (TPSA) is 21.3 Å². The lowest BCUT2D eigenvalue weighted by Gasteiger charge is -2.25. The highest BCUT2D eigenvalue weighted by Crippen LogP contribution is 2.30. The molecule has 3 heteroatoms. The number of halogens is 1. The van der Waals surface area contributed by atoms with Gasteiger partial charge in [0.05, 0.1) is 7.11 Å². The Kier molecular flexibility index (Phi) is 5.09. The quantitative estimate of drug-likeness (QED) is 0.802. The predicted molar refractivity (Wildman–Crippen MR) is 64.4 cm³/mol. The van der Waals surface area contributed by atoms with Gasteiger partial charge in [-0.3, -0.25) is 0 Å². The fourth-order valence-corrected chi connectivity index (χ4v) is 2.25. The minimum atomic E-state index is 0. The van der Waals surface area contributed by atoms with Crippen LogP contribution in [0.2, 0.25) is 0 Å². The van der Waals surface area contributed by atoms with Gasteiger partial charge < -0.3 is 4.84 Å². The van der Waals surface area contributed by atoms with Crippen LogP contribution < -0.4 is 5.48 Å². The number of rotatable bonds is 3. The van der Waals surface area contributed by atoms with Gasteiger partial charge in [0.1, 0.15) is 0 Å². The molecule has 84 valence electrons. The van der Waals surface area contributed by atoms with Gasteiger partial charge in [-0.05, 0) is 36.3 Å². The first-order valence-electron chi connectivity index (χ1n) is 5.25. The lowest BCUT2D eigenvalue weighted by molar-refractivity contribution is 0.0856. The summed E-state index contributed by atoms with van der Waals surface area (Å²) in [7, 11) is 1.68. The van der Waals surface area contributed by atoms with E-state index in [1.807, 2.05) is 0 Å². The van der Waals surface area contributed by atoms with Crippen LogP contribution in [0.25, 0.3) is 0 Å². The van der Waals surface area contributed by atoms with E-state index in [2.05, 4.69) is 29.7 Å². The fraction of sp³-hybridized carbons (Fsp3) is 0.500. The Morgan fingerprint density at radius 1 is 1.40 bits per heavy atom. The molecule has 2 rings (SSSR count). The minimum Gasteiger partial charge on any atom is -0.305 e. The Hall–Kier alpha value is -0.570. The molecule has 1 aliphatic rings. The van der Waals surface area contributed by atoms with E-state index in [1.54, 1.807) is 7.11 Å². The van der Waals surface area contributed by atoms with E-state index >= 15 is 0 Å². The zero-order valence-electron chi connectivity index (χ0n) is 9.03. The fourth-order valence-electron chi connectivity index (χ4n) is 2.25. The molecule has 0 saturated carbocycles. The van der Waals surface area contributed by atoms with Crippen molar-refractivity contribution in [1.29, 1.82) is 0 Å². The van der Waals surface area contributed by atoms with Crippen LogP contribution in [0.5, 0.6) is 0 Å². The van der Waals surface area contributed by atoms with Crippen LogP contribution >= 0.6 is 12.4 Å². The molecule has 0 heterocycles. The standard InChI is InChI=1S/C12H17NO.ClH/c1-14-13-9-11-7-4-6-10-5-2-3-8-12(10)11;/h2-3,5,8,11,13H,4,6-7,9H2,1H3;1H. The number of benzene rings is 1. The SMILES string of the molecule is CONCC1CCCc2ccccc21.Cl. The first-order valence-corrected chi connectivity index (χ1v) is 5.25. The Bertz CT molecular complexity index is 303. The summed E-state index contributed by atoms with van der Waals surface area (Å²) < 4.78 is 0. The van der Waals surface area contributed by atoms with Gasteiger partial charge in [0, 0.05) is 6.54 Å². The van der Waals surface area contributed by atoms with Gasteiger partial charge in [-0.15, -0.1) is 12.4 Å². The van der Waals surface area contributed by atoms with Crippen molar-refractivity contribution in [3.05, 3.63) is 35.4 Å². The third-order valence-electron chi connectivity index (χ3n) is 2.97. The van der Waals surface area contributed by atoms with Gasteiger partial charge >= 0.3 is 0 Å². The Morgan fingerprint density at radius 2 is 2.20 bits per heavy atom. The summed E-state index contributed by atoms with van der Waals surface area (Å²) in [5, 5.41) is 0. The van der Waals surface area contributed by atoms with E-state index in [4.69, 9.17) is 4.84 Å². The summed E-state index contributed by atoms with van der Waals surface area (Å²) in [4.78, 5) is 4.91. The summed E-state index contributed by atoms with van der Waals surface area (Å²) in [5.74, 6) is 0.625. The molecule has 1 atom stereocenters. The van der Waals surface area contributed by atoms with Crippen molar-refractivity contribution in [3.63, 3.8) is 0 Å². The smallest absolute Gasteiger partial charge is 0.0572 e. The van der Waals surface area contributed by atoms with E-state index in [0.717, 1.165) is 6.54 Å². The predicted octanol–water partition coefficient (Wildman–Crippen LogP) is 2.68. The second-order valence-corrected chi connectivity index (χ2v) is 3.84. The largest absolute Gasteiger partial charge is 0.305 e. The summed E-state index contributed by atoms with van der Waals surface area (Å²) in [5.41, 5.74) is 5.98. The van der Waals surface area contributed by atoms with Gasteiger partial charge in [0.2, 0.25) is 0 Å². The minimum absolute atomic E-state index is 0. The molecule has 0 bridgehead atoms. The van der Waals surface area contributed by atoms with E-state index in [0.29, 0.717) is 5.92 Å². The summed E-state index contributed by atoms with van der Waals surface area (Å²) in [6, 6.07) is 8.75. The molecule has 0 fully saturated rings. The molecule has 0 spiro atoms. The van der Waals surface area contributed by atoms with Crippen molar-refractivity contribution in [1.82, 2.24) is 5.48 Å². The number of hydrogen-bond donors (Lipinski definition) is 1. The number of fused-ring (bicyclic) bond motifs is 1. The second kappa shape index (κ2) is 6.11. The highest BCUT2D eigenvalue weighted by atomic mass is 35.5. The normalized spacial score (nSPS) is 19.1. The van der Waals surface area contributed by atoms with Gasteiger partial charge in [-0.25, -0.2) is 5.48 Å². The maximum Gasteiger partial charge on any atom is 0.0572 e. The zero-order chi connectivity index (χ0) is 9.80. The summed E-state index contributed by atoms with van der Waals surface area (Å²) in [6.07, 6.45) is 3.81. The highest BCUT2D eigenvalue weighted by Gasteiger charge is 2.18. The van der Waals surface area contributed by atoms with Crippen molar-refractivity contribution in [2.24, 2.45) is 0 Å². The highest BCUT2D eigenvalue weighted by molar-refractivity contribution is 5.85. The molecule has 0 amide bonds. The van der Waals surface area contributed by atoms with Crippen molar-refractivity contribution in [2.45, 2.75) is 25.2 Å². The molecule has 1 aromatic carbocycles. The molecule has 1 unspecified atom stereocenters. The third-order valence-corrected chi connectivity index (χ3v) is 2.97. The van der Waals surface area contributed by atoms with E-state index < -0.39 is 0 Å². The second-order valence-electron chi connectivity index (χ2n) is 3.84. The Balaban J connectivity index is 0.00000112. The number of aryl methyl sites for hydroxylation is 1. The number of hydrogen-bond acceptors (Lipinski definition) is 2. The lowest BCUT2D eigenvalue weighted by Crippen LogP contribution is -2.23. The monoisotopic (exact) mass is 227 g/mol. The van der Waals surface area contributed by atoms with E-state index in [1.165, 1.54) is 30.4 Å². The van der Waals surface area contributed by atoms with Crippen molar-refractivity contribution in [3.8, 4) is 0 Å². The van der Waals surface area contributed by atoms with Gasteiger partial charge in [-0.2, -0.15) is 0 Å². The molecule has 0 radical (unpaired) electrons. The van der Waals surface area contributed by atoms with E-state index in [9.17, 15) is 0 Å². The molecule has 1 aliphatic carbocycles. The third kappa shape index (κ3) is 2.94. The number of hydroxylamine groups is 1. The van der Waals surface area contributed by atoms with Crippen LogP contribution in [0.4, 0.5) is 0 Å². The molecule has 0 aliphatic heterocycles. The lowest BCUT2D eigenvalue weighted by atomic mass is 9.83. The number of nitrogens with one attached hydrogen (secondary N) is 1. The van der Waals surface area contributed by atoms with Crippen LogP contribution in [-0.4, -0.2) is 13.7 Å². The molecular weight excluding hydrogens is 210 g/mol. The summed E-state index contributed by atoms with van der Waals surface area (Å²) in [6.45, 7) is 0.924. The molecule has 15 heavy (non-hydrogen) atoms. The molecule has 0 aromatic heterocycles. The van der Waals surface area contributed by atoms with Crippen LogP contribution in [-0.2, 0) is 11.3 Å². The molecular formula is C12H18ClNO. The molecule has 0 saturated heterocycles.